The summed E-state index contributed by atoms with van der Waals surface area (Å²) in [5, 5.41) is 11.4. The van der Waals surface area contributed by atoms with E-state index in [-0.39, 0.29) is 11.9 Å². The van der Waals surface area contributed by atoms with E-state index >= 15 is 0 Å². The van der Waals surface area contributed by atoms with Gasteiger partial charge in [-0.1, -0.05) is 19.1 Å². The minimum atomic E-state index is -0.144. The molecule has 0 aliphatic rings. The molecule has 1 rings (SSSR count). The molecule has 0 aromatic heterocycles. The molecule has 0 aliphatic heterocycles. The molecular formula is C12H13BrN2O. The molecule has 0 saturated carbocycles. The number of carbonyl (C=O) groups is 1. The maximum absolute atomic E-state index is 11.9. The first-order valence-electron chi connectivity index (χ1n) is 5.11. The van der Waals surface area contributed by atoms with Gasteiger partial charge in [0.1, 0.15) is 0 Å². The molecule has 84 valence electrons. The minimum absolute atomic E-state index is 0.0791. The largest absolute Gasteiger partial charge is 0.348 e. The Hall–Kier alpha value is -1.34. The highest BCUT2D eigenvalue weighted by Crippen LogP contribution is 2.15. The van der Waals surface area contributed by atoms with Crippen LogP contribution in [0.2, 0.25) is 0 Å². The third-order valence-corrected chi connectivity index (χ3v) is 2.98. The van der Waals surface area contributed by atoms with E-state index in [1.807, 2.05) is 25.1 Å². The van der Waals surface area contributed by atoms with Gasteiger partial charge in [-0.05, 0) is 34.5 Å². The lowest BCUT2D eigenvalue weighted by molar-refractivity contribution is 0.0936. The summed E-state index contributed by atoms with van der Waals surface area (Å²) < 4.78 is 0.763. The third-order valence-electron chi connectivity index (χ3n) is 2.28. The van der Waals surface area contributed by atoms with Crippen LogP contribution in [0.1, 0.15) is 30.1 Å². The van der Waals surface area contributed by atoms with Crippen LogP contribution in [0.3, 0.4) is 0 Å². The first kappa shape index (κ1) is 12.7. The molecule has 0 bridgehead atoms. The molecule has 0 heterocycles. The van der Waals surface area contributed by atoms with Crippen LogP contribution in [0.15, 0.2) is 28.7 Å². The number of amides is 1. The quantitative estimate of drug-likeness (QED) is 0.922. The molecule has 4 heteroatoms. The lowest BCUT2D eigenvalue weighted by Crippen LogP contribution is -2.34. The van der Waals surface area contributed by atoms with E-state index in [0.717, 1.165) is 10.9 Å². The zero-order chi connectivity index (χ0) is 12.0. The van der Waals surface area contributed by atoms with Crippen LogP contribution in [0, 0.1) is 11.3 Å². The summed E-state index contributed by atoms with van der Waals surface area (Å²) in [7, 11) is 0. The molecule has 3 nitrogen and oxygen atoms in total. The van der Waals surface area contributed by atoms with Crippen molar-refractivity contribution in [2.24, 2.45) is 0 Å². The average Bonchev–Trinajstić information content (AvgIpc) is 2.28. The Balaban J connectivity index is 2.73. The Morgan fingerprint density at radius 2 is 2.25 bits per heavy atom. The molecule has 16 heavy (non-hydrogen) atoms. The van der Waals surface area contributed by atoms with Gasteiger partial charge in [-0.25, -0.2) is 0 Å². The molecular weight excluding hydrogens is 268 g/mol. The predicted molar refractivity (Wildman–Crippen MR) is 65.9 cm³/mol. The molecule has 1 aromatic rings. The number of halogens is 1. The maximum Gasteiger partial charge on any atom is 0.252 e. The van der Waals surface area contributed by atoms with Gasteiger partial charge in [-0.3, -0.25) is 4.79 Å². The monoisotopic (exact) mass is 280 g/mol. The Bertz CT molecular complexity index is 412. The van der Waals surface area contributed by atoms with Crippen LogP contribution in [-0.2, 0) is 0 Å². The average molecular weight is 281 g/mol. The van der Waals surface area contributed by atoms with Crippen LogP contribution >= 0.6 is 15.9 Å². The van der Waals surface area contributed by atoms with E-state index in [2.05, 4.69) is 27.3 Å². The van der Waals surface area contributed by atoms with Crippen LogP contribution in [0.5, 0.6) is 0 Å². The smallest absolute Gasteiger partial charge is 0.252 e. The van der Waals surface area contributed by atoms with Crippen LogP contribution in [0.4, 0.5) is 0 Å². The number of nitriles is 1. The highest BCUT2D eigenvalue weighted by Gasteiger charge is 2.13. The van der Waals surface area contributed by atoms with Gasteiger partial charge in [-0.2, -0.15) is 5.26 Å². The van der Waals surface area contributed by atoms with Gasteiger partial charge in [0.15, 0.2) is 0 Å². The molecule has 1 atom stereocenters. The molecule has 0 fully saturated rings. The zero-order valence-corrected chi connectivity index (χ0v) is 10.6. The van der Waals surface area contributed by atoms with Gasteiger partial charge in [0.25, 0.3) is 5.91 Å². The van der Waals surface area contributed by atoms with Gasteiger partial charge in [0.2, 0.25) is 0 Å². The zero-order valence-electron chi connectivity index (χ0n) is 9.03. The number of nitrogens with zero attached hydrogens (tertiary/aromatic N) is 1. The summed E-state index contributed by atoms with van der Waals surface area (Å²) in [6, 6.07) is 9.22. The van der Waals surface area contributed by atoms with Crippen molar-refractivity contribution in [2.45, 2.75) is 25.8 Å². The number of hydrogen-bond acceptors (Lipinski definition) is 2. The number of benzene rings is 1. The fourth-order valence-corrected chi connectivity index (χ4v) is 1.78. The van der Waals surface area contributed by atoms with E-state index in [4.69, 9.17) is 5.26 Å². The highest BCUT2D eigenvalue weighted by molar-refractivity contribution is 9.10. The molecule has 1 aromatic carbocycles. The summed E-state index contributed by atoms with van der Waals surface area (Å²) in [6.07, 6.45) is 1.09. The van der Waals surface area contributed by atoms with Gasteiger partial charge >= 0.3 is 0 Å². The summed E-state index contributed by atoms with van der Waals surface area (Å²) >= 11 is 3.32. The van der Waals surface area contributed by atoms with E-state index in [1.54, 1.807) is 6.07 Å². The van der Waals surface area contributed by atoms with Crippen LogP contribution < -0.4 is 5.32 Å². The van der Waals surface area contributed by atoms with Crippen molar-refractivity contribution < 1.29 is 4.79 Å². The summed E-state index contributed by atoms with van der Waals surface area (Å²) in [5.74, 6) is -0.144. The van der Waals surface area contributed by atoms with Crippen molar-refractivity contribution in [3.05, 3.63) is 34.3 Å². The molecule has 1 unspecified atom stereocenters. The second-order valence-electron chi connectivity index (χ2n) is 3.42. The number of hydrogen-bond donors (Lipinski definition) is 1. The Morgan fingerprint density at radius 3 is 2.81 bits per heavy atom. The Kier molecular flexibility index (Phi) is 5.00. The second kappa shape index (κ2) is 6.29. The lowest BCUT2D eigenvalue weighted by atomic mass is 10.1. The highest BCUT2D eigenvalue weighted by atomic mass is 79.9. The molecule has 1 N–H and O–H groups in total. The van der Waals surface area contributed by atoms with E-state index in [1.165, 1.54) is 0 Å². The fourth-order valence-electron chi connectivity index (χ4n) is 1.32. The first-order chi connectivity index (χ1) is 7.69. The molecule has 0 saturated heterocycles. The fraction of sp³-hybridized carbons (Fsp3) is 0.333. The second-order valence-corrected chi connectivity index (χ2v) is 4.28. The third kappa shape index (κ3) is 3.35. The SMILES string of the molecule is CCC(CC#N)NC(=O)c1ccccc1Br. The summed E-state index contributed by atoms with van der Waals surface area (Å²) in [4.78, 5) is 11.9. The van der Waals surface area contributed by atoms with Crippen molar-refractivity contribution in [3.63, 3.8) is 0 Å². The molecule has 0 radical (unpaired) electrons. The van der Waals surface area contributed by atoms with E-state index in [9.17, 15) is 4.79 Å². The van der Waals surface area contributed by atoms with Crippen molar-refractivity contribution in [2.75, 3.05) is 0 Å². The number of carbonyl (C=O) groups excluding carboxylic acids is 1. The summed E-state index contributed by atoms with van der Waals surface area (Å²) in [6.45, 7) is 1.95. The number of nitrogens with one attached hydrogen (secondary N) is 1. The van der Waals surface area contributed by atoms with Crippen molar-refractivity contribution >= 4 is 21.8 Å². The Labute approximate surface area is 104 Å². The van der Waals surface area contributed by atoms with Crippen molar-refractivity contribution in [1.29, 1.82) is 5.26 Å². The Morgan fingerprint density at radius 1 is 1.56 bits per heavy atom. The number of rotatable bonds is 4. The first-order valence-corrected chi connectivity index (χ1v) is 5.90. The molecule has 0 spiro atoms. The summed E-state index contributed by atoms with van der Waals surface area (Å²) in [5.41, 5.74) is 0.596. The lowest BCUT2D eigenvalue weighted by Gasteiger charge is -2.14. The molecule has 0 aliphatic carbocycles. The van der Waals surface area contributed by atoms with Crippen LogP contribution in [0.25, 0.3) is 0 Å². The van der Waals surface area contributed by atoms with Gasteiger partial charge < -0.3 is 5.32 Å². The van der Waals surface area contributed by atoms with Gasteiger partial charge in [0.05, 0.1) is 18.1 Å². The minimum Gasteiger partial charge on any atom is -0.348 e. The maximum atomic E-state index is 11.9. The van der Waals surface area contributed by atoms with Crippen molar-refractivity contribution in [3.8, 4) is 6.07 Å². The van der Waals surface area contributed by atoms with Gasteiger partial charge in [0, 0.05) is 10.5 Å². The topological polar surface area (TPSA) is 52.9 Å². The van der Waals surface area contributed by atoms with E-state index < -0.39 is 0 Å². The van der Waals surface area contributed by atoms with Crippen molar-refractivity contribution in [1.82, 2.24) is 5.32 Å². The van der Waals surface area contributed by atoms with Gasteiger partial charge in [-0.15, -0.1) is 0 Å². The standard InChI is InChI=1S/C12H13BrN2O/c1-2-9(7-8-14)15-12(16)10-5-3-4-6-11(10)13/h3-6,9H,2,7H2,1H3,(H,15,16). The predicted octanol–water partition coefficient (Wildman–Crippen LogP) is 2.87. The van der Waals surface area contributed by atoms with Crippen LogP contribution in [-0.4, -0.2) is 11.9 Å². The molecule has 1 amide bonds. The normalized spacial score (nSPS) is 11.6. The van der Waals surface area contributed by atoms with E-state index in [0.29, 0.717) is 12.0 Å².